The Hall–Kier alpha value is -2.11. The average Bonchev–Trinajstić information content (AvgIpc) is 2.82. The molecule has 2 aromatic rings. The number of aryl methyl sites for hydroxylation is 1. The van der Waals surface area contributed by atoms with Gasteiger partial charge in [0.2, 0.25) is 11.6 Å². The van der Waals surface area contributed by atoms with Gasteiger partial charge in [0.1, 0.15) is 6.33 Å². The smallest absolute Gasteiger partial charge is 0.206 e. The number of nitrogens with zero attached hydrogens (tertiary/aromatic N) is 4. The Labute approximate surface area is 106 Å². The molecular formula is C12H17N5O. The summed E-state index contributed by atoms with van der Waals surface area (Å²) in [5, 5.41) is 7.54. The Morgan fingerprint density at radius 3 is 2.83 bits per heavy atom. The van der Waals surface area contributed by atoms with Crippen LogP contribution in [-0.4, -0.2) is 33.4 Å². The summed E-state index contributed by atoms with van der Waals surface area (Å²) in [4.78, 5) is 8.42. The zero-order chi connectivity index (χ0) is 13.0. The predicted octanol–water partition coefficient (Wildman–Crippen LogP) is 1.80. The van der Waals surface area contributed by atoms with E-state index in [0.29, 0.717) is 17.4 Å². The van der Waals surface area contributed by atoms with Crippen molar-refractivity contribution in [3.05, 3.63) is 24.3 Å². The van der Waals surface area contributed by atoms with Gasteiger partial charge in [-0.05, 0) is 19.4 Å². The van der Waals surface area contributed by atoms with Crippen LogP contribution in [-0.2, 0) is 0 Å². The van der Waals surface area contributed by atoms with Crippen LogP contribution in [0.4, 0.5) is 5.82 Å². The average molecular weight is 247 g/mol. The summed E-state index contributed by atoms with van der Waals surface area (Å²) in [6.07, 6.45) is 4.38. The second-order valence-electron chi connectivity index (χ2n) is 3.91. The zero-order valence-corrected chi connectivity index (χ0v) is 10.8. The SMILES string of the molecule is CCCNc1ncnc(-n2ccc(C)n2)c1OC. The van der Waals surface area contributed by atoms with E-state index in [4.69, 9.17) is 4.74 Å². The first-order valence-corrected chi connectivity index (χ1v) is 5.91. The first kappa shape index (κ1) is 12.3. The van der Waals surface area contributed by atoms with Gasteiger partial charge in [0, 0.05) is 12.7 Å². The molecule has 0 saturated heterocycles. The number of hydrogen-bond donors (Lipinski definition) is 1. The zero-order valence-electron chi connectivity index (χ0n) is 10.8. The van der Waals surface area contributed by atoms with Crippen LogP contribution in [0.15, 0.2) is 18.6 Å². The molecule has 18 heavy (non-hydrogen) atoms. The highest BCUT2D eigenvalue weighted by Gasteiger charge is 2.13. The molecule has 6 nitrogen and oxygen atoms in total. The van der Waals surface area contributed by atoms with Gasteiger partial charge in [-0.2, -0.15) is 5.10 Å². The Bertz CT molecular complexity index is 523. The van der Waals surface area contributed by atoms with E-state index >= 15 is 0 Å². The molecule has 2 heterocycles. The molecule has 0 bridgehead atoms. The van der Waals surface area contributed by atoms with Gasteiger partial charge in [-0.3, -0.25) is 0 Å². The van der Waals surface area contributed by atoms with E-state index in [0.717, 1.165) is 18.7 Å². The fourth-order valence-corrected chi connectivity index (χ4v) is 1.62. The Balaban J connectivity index is 2.41. The largest absolute Gasteiger partial charge is 0.490 e. The number of anilines is 1. The number of ether oxygens (including phenoxy) is 1. The molecule has 1 N–H and O–H groups in total. The van der Waals surface area contributed by atoms with E-state index in [1.54, 1.807) is 11.8 Å². The van der Waals surface area contributed by atoms with Gasteiger partial charge in [0.25, 0.3) is 0 Å². The maximum atomic E-state index is 5.39. The van der Waals surface area contributed by atoms with Crippen molar-refractivity contribution in [1.82, 2.24) is 19.7 Å². The number of aromatic nitrogens is 4. The van der Waals surface area contributed by atoms with Crippen LogP contribution < -0.4 is 10.1 Å². The van der Waals surface area contributed by atoms with Crippen LogP contribution in [0.25, 0.3) is 5.82 Å². The van der Waals surface area contributed by atoms with E-state index in [1.165, 1.54) is 6.33 Å². The highest BCUT2D eigenvalue weighted by Crippen LogP contribution is 2.27. The molecule has 0 amide bonds. The predicted molar refractivity (Wildman–Crippen MR) is 69.2 cm³/mol. The summed E-state index contributed by atoms with van der Waals surface area (Å²) in [7, 11) is 1.61. The number of nitrogens with one attached hydrogen (secondary N) is 1. The quantitative estimate of drug-likeness (QED) is 0.872. The van der Waals surface area contributed by atoms with E-state index in [9.17, 15) is 0 Å². The molecule has 0 aromatic carbocycles. The number of rotatable bonds is 5. The lowest BCUT2D eigenvalue weighted by atomic mass is 10.4. The van der Waals surface area contributed by atoms with E-state index < -0.39 is 0 Å². The minimum atomic E-state index is 0.606. The standard InChI is InChI=1S/C12H17N5O/c1-4-6-13-11-10(18-3)12(15-8-14-11)17-7-5-9(2)16-17/h5,7-8H,4,6H2,1-3H3,(H,13,14,15). The Morgan fingerprint density at radius 1 is 1.39 bits per heavy atom. The van der Waals surface area contributed by atoms with Gasteiger partial charge in [-0.25, -0.2) is 14.6 Å². The summed E-state index contributed by atoms with van der Waals surface area (Å²) >= 11 is 0. The first-order chi connectivity index (χ1) is 8.76. The van der Waals surface area contributed by atoms with Crippen molar-refractivity contribution in [3.63, 3.8) is 0 Å². The second-order valence-corrected chi connectivity index (χ2v) is 3.91. The highest BCUT2D eigenvalue weighted by atomic mass is 16.5. The molecule has 0 radical (unpaired) electrons. The molecule has 96 valence electrons. The third-order valence-corrected chi connectivity index (χ3v) is 2.47. The summed E-state index contributed by atoms with van der Waals surface area (Å²) in [5.74, 6) is 1.94. The van der Waals surface area contributed by atoms with Crippen LogP contribution in [0.1, 0.15) is 19.0 Å². The fourth-order valence-electron chi connectivity index (χ4n) is 1.62. The van der Waals surface area contributed by atoms with Crippen LogP contribution in [0.2, 0.25) is 0 Å². The molecule has 6 heteroatoms. The molecule has 0 fully saturated rings. The molecule has 0 atom stereocenters. The Kier molecular flexibility index (Phi) is 3.76. The maximum Gasteiger partial charge on any atom is 0.206 e. The topological polar surface area (TPSA) is 64.9 Å². The molecular weight excluding hydrogens is 230 g/mol. The van der Waals surface area contributed by atoms with E-state index in [1.807, 2.05) is 19.2 Å². The van der Waals surface area contributed by atoms with Crippen molar-refractivity contribution >= 4 is 5.82 Å². The van der Waals surface area contributed by atoms with Gasteiger partial charge >= 0.3 is 0 Å². The molecule has 0 aliphatic carbocycles. The van der Waals surface area contributed by atoms with Crippen molar-refractivity contribution in [2.24, 2.45) is 0 Å². The third-order valence-electron chi connectivity index (χ3n) is 2.47. The fraction of sp³-hybridized carbons (Fsp3) is 0.417. The second kappa shape index (κ2) is 5.48. The normalized spacial score (nSPS) is 10.4. The monoisotopic (exact) mass is 247 g/mol. The molecule has 0 unspecified atom stereocenters. The lowest BCUT2D eigenvalue weighted by molar-refractivity contribution is 0.409. The molecule has 0 aliphatic heterocycles. The molecule has 0 aliphatic rings. The lowest BCUT2D eigenvalue weighted by Gasteiger charge is -2.12. The van der Waals surface area contributed by atoms with Crippen molar-refractivity contribution in [2.45, 2.75) is 20.3 Å². The number of methoxy groups -OCH3 is 1. The van der Waals surface area contributed by atoms with Gasteiger partial charge in [-0.1, -0.05) is 6.92 Å². The van der Waals surface area contributed by atoms with Gasteiger partial charge < -0.3 is 10.1 Å². The van der Waals surface area contributed by atoms with Crippen LogP contribution in [0, 0.1) is 6.92 Å². The van der Waals surface area contributed by atoms with E-state index in [-0.39, 0.29) is 0 Å². The Morgan fingerprint density at radius 2 is 2.22 bits per heavy atom. The molecule has 2 rings (SSSR count). The maximum absolute atomic E-state index is 5.39. The summed E-state index contributed by atoms with van der Waals surface area (Å²) in [6, 6.07) is 1.92. The van der Waals surface area contributed by atoms with Gasteiger partial charge in [-0.15, -0.1) is 0 Å². The van der Waals surface area contributed by atoms with Crippen molar-refractivity contribution in [2.75, 3.05) is 19.0 Å². The van der Waals surface area contributed by atoms with Crippen molar-refractivity contribution in [1.29, 1.82) is 0 Å². The highest BCUT2D eigenvalue weighted by molar-refractivity contribution is 5.57. The number of hydrogen-bond acceptors (Lipinski definition) is 5. The lowest BCUT2D eigenvalue weighted by Crippen LogP contribution is -2.09. The first-order valence-electron chi connectivity index (χ1n) is 5.91. The summed E-state index contributed by atoms with van der Waals surface area (Å²) in [5.41, 5.74) is 0.929. The van der Waals surface area contributed by atoms with Gasteiger partial charge in [0.05, 0.1) is 12.8 Å². The van der Waals surface area contributed by atoms with Gasteiger partial charge in [0.15, 0.2) is 5.82 Å². The molecule has 0 spiro atoms. The van der Waals surface area contributed by atoms with Crippen LogP contribution >= 0.6 is 0 Å². The summed E-state index contributed by atoms with van der Waals surface area (Å²) < 4.78 is 7.08. The summed E-state index contributed by atoms with van der Waals surface area (Å²) in [6.45, 7) is 4.86. The third kappa shape index (κ3) is 2.42. The van der Waals surface area contributed by atoms with Crippen molar-refractivity contribution in [3.8, 4) is 11.6 Å². The molecule has 2 aromatic heterocycles. The van der Waals surface area contributed by atoms with Crippen molar-refractivity contribution < 1.29 is 4.74 Å². The van der Waals surface area contributed by atoms with Crippen LogP contribution in [0.3, 0.4) is 0 Å². The minimum Gasteiger partial charge on any atom is -0.490 e. The molecule has 0 saturated carbocycles. The van der Waals surface area contributed by atoms with Crippen LogP contribution in [0.5, 0.6) is 5.75 Å². The van der Waals surface area contributed by atoms with E-state index in [2.05, 4.69) is 27.3 Å². The minimum absolute atomic E-state index is 0.606.